The molecule has 0 saturated heterocycles. The van der Waals surface area contributed by atoms with Gasteiger partial charge in [0.1, 0.15) is 0 Å². The van der Waals surface area contributed by atoms with E-state index in [0.29, 0.717) is 9.49 Å². The summed E-state index contributed by atoms with van der Waals surface area (Å²) in [5.41, 5.74) is 0. The van der Waals surface area contributed by atoms with E-state index in [1.165, 1.54) is 0 Å². The third kappa shape index (κ3) is 14.7. The minimum Gasteiger partial charge on any atom is -0.240 e. The van der Waals surface area contributed by atoms with Gasteiger partial charge in [0.15, 0.2) is 0 Å². The van der Waals surface area contributed by atoms with Gasteiger partial charge in [0.2, 0.25) is 0 Å². The van der Waals surface area contributed by atoms with Gasteiger partial charge in [-0.15, -0.1) is 0 Å². The summed E-state index contributed by atoms with van der Waals surface area (Å²) >= 11 is 3.99. The van der Waals surface area contributed by atoms with E-state index in [-0.39, 0.29) is 0 Å². The second kappa shape index (κ2) is 7.08. The Kier molecular flexibility index (Phi) is 7.39. The molecule has 0 N–H and O–H groups in total. The second-order valence-electron chi connectivity index (χ2n) is 5.59. The number of thioether (sulfide) groups is 2. The lowest BCUT2D eigenvalue weighted by Crippen LogP contribution is -2.18. The average Bonchev–Trinajstić information content (AvgIpc) is 1.98. The van der Waals surface area contributed by atoms with E-state index in [0.717, 1.165) is 24.6 Å². The zero-order valence-corrected chi connectivity index (χ0v) is 12.7. The van der Waals surface area contributed by atoms with Crippen LogP contribution in [0.25, 0.3) is 0 Å². The molecule has 0 fully saturated rings. The quantitative estimate of drug-likeness (QED) is 0.666. The van der Waals surface area contributed by atoms with Crippen LogP contribution in [0.1, 0.15) is 41.5 Å². The largest absolute Gasteiger partial charge is 0.240 e. The predicted molar refractivity (Wildman–Crippen MR) is 76.3 cm³/mol. The maximum Gasteiger partial charge on any atom is 0.0224 e. The van der Waals surface area contributed by atoms with Gasteiger partial charge in [-0.1, -0.05) is 41.5 Å². The van der Waals surface area contributed by atoms with E-state index >= 15 is 0 Å². The molecular weight excluding hydrogens is 222 g/mol. The molecule has 0 heterocycles. The van der Waals surface area contributed by atoms with Crippen LogP contribution in [0.4, 0.5) is 0 Å². The Morgan fingerprint density at radius 1 is 0.733 bits per heavy atom. The fourth-order valence-corrected chi connectivity index (χ4v) is 2.61. The smallest absolute Gasteiger partial charge is 0.0224 e. The van der Waals surface area contributed by atoms with Gasteiger partial charge >= 0.3 is 0 Å². The van der Waals surface area contributed by atoms with Crippen molar-refractivity contribution in [2.24, 2.45) is 0 Å². The molecule has 0 aliphatic rings. The molecule has 0 amide bonds. The van der Waals surface area contributed by atoms with E-state index in [2.05, 4.69) is 46.9 Å². The van der Waals surface area contributed by atoms with E-state index < -0.39 is 0 Å². The summed E-state index contributed by atoms with van der Waals surface area (Å²) in [6, 6.07) is 0. The van der Waals surface area contributed by atoms with Crippen LogP contribution < -0.4 is 5.32 Å². The van der Waals surface area contributed by atoms with Crippen LogP contribution in [0.3, 0.4) is 0 Å². The van der Waals surface area contributed by atoms with Crippen LogP contribution in [-0.2, 0) is 0 Å². The first-order valence-electron chi connectivity index (χ1n) is 5.62. The molecule has 0 spiro atoms. The van der Waals surface area contributed by atoms with Gasteiger partial charge in [0.05, 0.1) is 0 Å². The van der Waals surface area contributed by atoms with E-state index in [4.69, 9.17) is 0 Å². The fourth-order valence-electron chi connectivity index (χ4n) is 0.945. The van der Waals surface area contributed by atoms with Gasteiger partial charge in [0.25, 0.3) is 0 Å². The third-order valence-electron chi connectivity index (χ3n) is 1.57. The summed E-state index contributed by atoms with van der Waals surface area (Å²) in [4.78, 5) is 0. The molecule has 0 rings (SSSR count). The van der Waals surface area contributed by atoms with Gasteiger partial charge in [0, 0.05) is 34.1 Å². The van der Waals surface area contributed by atoms with Crippen molar-refractivity contribution >= 4 is 23.5 Å². The van der Waals surface area contributed by atoms with Crippen molar-refractivity contribution < 1.29 is 0 Å². The summed E-state index contributed by atoms with van der Waals surface area (Å²) in [6.45, 7) is 15.6. The number of nitrogens with zero attached hydrogens (tertiary/aromatic N) is 1. The Balaban J connectivity index is 3.20. The minimum atomic E-state index is 0.385. The molecule has 0 aliphatic heterocycles. The van der Waals surface area contributed by atoms with Crippen molar-refractivity contribution in [2.45, 2.75) is 51.0 Å². The molecule has 0 aliphatic carbocycles. The molecule has 0 aromatic rings. The van der Waals surface area contributed by atoms with Crippen molar-refractivity contribution in [3.05, 3.63) is 0 Å². The van der Waals surface area contributed by atoms with Crippen LogP contribution in [0.2, 0.25) is 0 Å². The number of hydrogen-bond acceptors (Lipinski definition) is 2. The average molecular weight is 248 g/mol. The number of hydrogen-bond donors (Lipinski definition) is 0. The molecule has 0 aromatic carbocycles. The first-order valence-corrected chi connectivity index (χ1v) is 7.59. The first-order chi connectivity index (χ1) is 6.71. The van der Waals surface area contributed by atoms with Gasteiger partial charge in [-0.3, -0.25) is 0 Å². The highest BCUT2D eigenvalue weighted by atomic mass is 32.2. The number of rotatable bonds is 6. The van der Waals surface area contributed by atoms with Crippen LogP contribution >= 0.6 is 23.5 Å². The van der Waals surface area contributed by atoms with Crippen molar-refractivity contribution in [2.75, 3.05) is 24.6 Å². The van der Waals surface area contributed by atoms with Gasteiger partial charge in [-0.2, -0.15) is 23.5 Å². The Hall–Kier alpha value is 0.660. The standard InChI is InChI=1S/C12H26NS2/c1-11(2,3)14-9-7-13-8-10-15-12(4,5)6/h7-10H2,1-6H3. The molecule has 1 nitrogen and oxygen atoms in total. The van der Waals surface area contributed by atoms with E-state index in [9.17, 15) is 0 Å². The Labute approximate surface area is 105 Å². The fraction of sp³-hybridized carbons (Fsp3) is 1.00. The van der Waals surface area contributed by atoms with E-state index in [1.54, 1.807) is 0 Å². The summed E-state index contributed by atoms with van der Waals surface area (Å²) in [5, 5.41) is 4.54. The predicted octanol–water partition coefficient (Wildman–Crippen LogP) is 3.65. The Morgan fingerprint density at radius 2 is 1.07 bits per heavy atom. The molecule has 0 saturated carbocycles. The van der Waals surface area contributed by atoms with Crippen LogP contribution in [-0.4, -0.2) is 34.1 Å². The highest BCUT2D eigenvalue weighted by Crippen LogP contribution is 2.23. The summed E-state index contributed by atoms with van der Waals surface area (Å²) in [6.07, 6.45) is 0. The lowest BCUT2D eigenvalue weighted by molar-refractivity contribution is 0.740. The van der Waals surface area contributed by atoms with Gasteiger partial charge in [-0.05, 0) is 0 Å². The topological polar surface area (TPSA) is 14.1 Å². The Bertz CT molecular complexity index is 138. The van der Waals surface area contributed by atoms with Crippen molar-refractivity contribution in [3.63, 3.8) is 0 Å². The maximum atomic E-state index is 4.54. The van der Waals surface area contributed by atoms with Crippen molar-refractivity contribution in [1.29, 1.82) is 0 Å². The lowest BCUT2D eigenvalue weighted by Gasteiger charge is -2.18. The third-order valence-corrected chi connectivity index (χ3v) is 4.07. The van der Waals surface area contributed by atoms with Crippen LogP contribution in [0.5, 0.6) is 0 Å². The zero-order chi connectivity index (χ0) is 11.9. The van der Waals surface area contributed by atoms with Gasteiger partial charge in [-0.25, -0.2) is 5.32 Å². The van der Waals surface area contributed by atoms with Crippen molar-refractivity contribution in [1.82, 2.24) is 5.32 Å². The first kappa shape index (κ1) is 15.7. The molecule has 0 atom stereocenters. The van der Waals surface area contributed by atoms with Gasteiger partial charge < -0.3 is 0 Å². The monoisotopic (exact) mass is 248 g/mol. The molecule has 1 radical (unpaired) electrons. The zero-order valence-electron chi connectivity index (χ0n) is 11.1. The summed E-state index contributed by atoms with van der Waals surface area (Å²) in [7, 11) is 0. The SMILES string of the molecule is CC(C)(C)SCC[N]CCSC(C)(C)C. The summed E-state index contributed by atoms with van der Waals surface area (Å²) in [5.74, 6) is 2.31. The van der Waals surface area contributed by atoms with E-state index in [1.807, 2.05) is 23.5 Å². The van der Waals surface area contributed by atoms with Crippen molar-refractivity contribution in [3.8, 4) is 0 Å². The molecule has 15 heavy (non-hydrogen) atoms. The molecular formula is C12H26NS2. The molecule has 91 valence electrons. The molecule has 0 unspecified atom stereocenters. The second-order valence-corrected chi connectivity index (χ2v) is 9.44. The van der Waals surface area contributed by atoms with Crippen LogP contribution in [0, 0.1) is 0 Å². The highest BCUT2D eigenvalue weighted by molar-refractivity contribution is 8.00. The normalized spacial score (nSPS) is 13.2. The molecule has 3 heteroatoms. The lowest BCUT2D eigenvalue weighted by atomic mass is 10.3. The highest BCUT2D eigenvalue weighted by Gasteiger charge is 2.10. The maximum absolute atomic E-state index is 4.54. The minimum absolute atomic E-state index is 0.385. The molecule has 0 bridgehead atoms. The Morgan fingerprint density at radius 3 is 1.33 bits per heavy atom. The molecule has 0 aromatic heterocycles. The summed E-state index contributed by atoms with van der Waals surface area (Å²) < 4.78 is 0.769. The van der Waals surface area contributed by atoms with Crippen LogP contribution in [0.15, 0.2) is 0 Å².